The first-order valence-electron chi connectivity index (χ1n) is 5.77. The van der Waals surface area contributed by atoms with Crippen molar-refractivity contribution in [2.45, 2.75) is 0 Å². The van der Waals surface area contributed by atoms with Gasteiger partial charge >= 0.3 is 11.9 Å². The minimum Gasteiger partial charge on any atom is -0.486 e. The first-order valence-corrected chi connectivity index (χ1v) is 5.77. The van der Waals surface area contributed by atoms with Gasteiger partial charge in [-0.2, -0.15) is 0 Å². The second-order valence-corrected chi connectivity index (χ2v) is 4.18. The van der Waals surface area contributed by atoms with Crippen LogP contribution in [0, 0.1) is 0 Å². The van der Waals surface area contributed by atoms with E-state index in [2.05, 4.69) is 4.98 Å². The van der Waals surface area contributed by atoms with Crippen molar-refractivity contribution in [1.82, 2.24) is 4.98 Å². The van der Waals surface area contributed by atoms with E-state index >= 15 is 0 Å². The number of carboxylic acid groups (broad SMARTS) is 2. The summed E-state index contributed by atoms with van der Waals surface area (Å²) in [6.07, 6.45) is 0. The monoisotopic (exact) mass is 275 g/mol. The maximum atomic E-state index is 11.1. The third-order valence-corrected chi connectivity index (χ3v) is 2.91. The molecule has 0 saturated carbocycles. The van der Waals surface area contributed by atoms with Crippen molar-refractivity contribution in [3.8, 4) is 11.5 Å². The Morgan fingerprint density at radius 3 is 2.25 bits per heavy atom. The number of rotatable bonds is 2. The lowest BCUT2D eigenvalue weighted by Crippen LogP contribution is -2.15. The molecule has 0 bridgehead atoms. The average Bonchev–Trinajstić information content (AvgIpc) is 2.43. The van der Waals surface area contributed by atoms with Crippen LogP contribution in [0.3, 0.4) is 0 Å². The van der Waals surface area contributed by atoms with Gasteiger partial charge in [0.2, 0.25) is 0 Å². The number of benzene rings is 1. The van der Waals surface area contributed by atoms with Gasteiger partial charge in [0.25, 0.3) is 0 Å². The van der Waals surface area contributed by atoms with Gasteiger partial charge in [-0.15, -0.1) is 0 Å². The number of ether oxygens (including phenoxy) is 2. The van der Waals surface area contributed by atoms with Crippen molar-refractivity contribution in [3.63, 3.8) is 0 Å². The van der Waals surface area contributed by atoms with Crippen LogP contribution in [0.1, 0.15) is 20.8 Å². The molecule has 0 fully saturated rings. The van der Waals surface area contributed by atoms with Crippen LogP contribution in [0.15, 0.2) is 18.2 Å². The normalized spacial score (nSPS) is 13.2. The van der Waals surface area contributed by atoms with E-state index in [1.54, 1.807) is 12.1 Å². The lowest BCUT2D eigenvalue weighted by molar-refractivity contribution is 0.0647. The largest absolute Gasteiger partial charge is 0.486 e. The fourth-order valence-electron chi connectivity index (χ4n) is 2.04. The number of hydrogen-bond donors (Lipinski definition) is 2. The summed E-state index contributed by atoms with van der Waals surface area (Å²) in [5.41, 5.74) is -0.514. The van der Waals surface area contributed by atoms with Gasteiger partial charge in [-0.25, -0.2) is 14.6 Å². The summed E-state index contributed by atoms with van der Waals surface area (Å²) in [7, 11) is 0. The fraction of sp³-hybridized carbons (Fsp3) is 0.154. The Morgan fingerprint density at radius 1 is 1.00 bits per heavy atom. The predicted octanol–water partition coefficient (Wildman–Crippen LogP) is 1.40. The molecule has 3 rings (SSSR count). The van der Waals surface area contributed by atoms with Crippen LogP contribution < -0.4 is 9.47 Å². The van der Waals surface area contributed by atoms with Crippen molar-refractivity contribution < 1.29 is 29.3 Å². The number of pyridine rings is 1. The molecule has 1 aliphatic heterocycles. The zero-order chi connectivity index (χ0) is 14.3. The van der Waals surface area contributed by atoms with Crippen molar-refractivity contribution in [3.05, 3.63) is 29.5 Å². The van der Waals surface area contributed by atoms with Crippen molar-refractivity contribution in [1.29, 1.82) is 0 Å². The number of aromatic nitrogens is 1. The first kappa shape index (κ1) is 12.2. The van der Waals surface area contributed by atoms with E-state index in [0.29, 0.717) is 35.6 Å². The van der Waals surface area contributed by atoms with Crippen LogP contribution >= 0.6 is 0 Å². The highest BCUT2D eigenvalue weighted by molar-refractivity contribution is 6.03. The molecule has 1 aromatic heterocycles. The molecule has 7 nitrogen and oxygen atoms in total. The van der Waals surface area contributed by atoms with Gasteiger partial charge in [0.15, 0.2) is 17.2 Å². The number of nitrogens with zero attached hydrogens (tertiary/aromatic N) is 1. The van der Waals surface area contributed by atoms with E-state index in [4.69, 9.17) is 19.7 Å². The molecule has 2 aromatic rings. The Bertz CT molecular complexity index is 677. The van der Waals surface area contributed by atoms with Crippen LogP contribution in [-0.2, 0) is 0 Å². The molecular weight excluding hydrogens is 266 g/mol. The van der Waals surface area contributed by atoms with E-state index < -0.39 is 17.6 Å². The highest BCUT2D eigenvalue weighted by atomic mass is 16.6. The van der Waals surface area contributed by atoms with E-state index in [0.717, 1.165) is 0 Å². The Balaban J connectivity index is 2.28. The van der Waals surface area contributed by atoms with Crippen LogP contribution in [0.2, 0.25) is 0 Å². The summed E-state index contributed by atoms with van der Waals surface area (Å²) >= 11 is 0. The molecule has 1 aliphatic rings. The van der Waals surface area contributed by atoms with E-state index in [-0.39, 0.29) is 5.56 Å². The Kier molecular flexibility index (Phi) is 2.67. The molecule has 0 radical (unpaired) electrons. The molecule has 0 spiro atoms. The van der Waals surface area contributed by atoms with Crippen LogP contribution in [0.25, 0.3) is 10.9 Å². The van der Waals surface area contributed by atoms with E-state index in [1.165, 1.54) is 6.07 Å². The van der Waals surface area contributed by atoms with Crippen molar-refractivity contribution in [2.24, 2.45) is 0 Å². The predicted molar refractivity (Wildman–Crippen MR) is 66.7 cm³/mol. The van der Waals surface area contributed by atoms with Crippen molar-refractivity contribution >= 4 is 22.8 Å². The molecule has 102 valence electrons. The molecule has 1 aromatic carbocycles. The zero-order valence-corrected chi connectivity index (χ0v) is 10.1. The van der Waals surface area contributed by atoms with Gasteiger partial charge < -0.3 is 19.7 Å². The van der Waals surface area contributed by atoms with Gasteiger partial charge in [-0.3, -0.25) is 0 Å². The molecule has 2 N–H and O–H groups in total. The lowest BCUT2D eigenvalue weighted by atomic mass is 10.1. The smallest absolute Gasteiger partial charge is 0.355 e. The topological polar surface area (TPSA) is 106 Å². The summed E-state index contributed by atoms with van der Waals surface area (Å²) in [4.78, 5) is 26.1. The second kappa shape index (κ2) is 4.37. The molecule has 0 saturated heterocycles. The SMILES string of the molecule is O=C(O)c1cc2cc3c(cc2nc1C(=O)O)OCCO3. The van der Waals surface area contributed by atoms with Crippen LogP contribution in [0.4, 0.5) is 0 Å². The summed E-state index contributed by atoms with van der Waals surface area (Å²) in [6, 6.07) is 4.41. The molecular formula is C13H9NO6. The highest BCUT2D eigenvalue weighted by Crippen LogP contribution is 2.34. The Labute approximate surface area is 112 Å². The highest BCUT2D eigenvalue weighted by Gasteiger charge is 2.21. The second-order valence-electron chi connectivity index (χ2n) is 4.18. The van der Waals surface area contributed by atoms with Crippen LogP contribution in [0.5, 0.6) is 11.5 Å². The van der Waals surface area contributed by atoms with E-state index in [1.807, 2.05) is 0 Å². The van der Waals surface area contributed by atoms with Crippen molar-refractivity contribution in [2.75, 3.05) is 13.2 Å². The maximum absolute atomic E-state index is 11.1. The Hall–Kier alpha value is -2.83. The van der Waals surface area contributed by atoms with Gasteiger partial charge in [0, 0.05) is 11.5 Å². The van der Waals surface area contributed by atoms with Gasteiger partial charge in [-0.1, -0.05) is 0 Å². The van der Waals surface area contributed by atoms with Crippen LogP contribution in [-0.4, -0.2) is 40.3 Å². The summed E-state index contributed by atoms with van der Waals surface area (Å²) in [5, 5.41) is 18.6. The molecule has 7 heteroatoms. The molecule has 0 atom stereocenters. The summed E-state index contributed by atoms with van der Waals surface area (Å²) < 4.78 is 10.8. The van der Waals surface area contributed by atoms with E-state index in [9.17, 15) is 9.59 Å². The van der Waals surface area contributed by atoms with Gasteiger partial charge in [0.1, 0.15) is 13.2 Å². The molecule has 0 unspecified atom stereocenters. The third-order valence-electron chi connectivity index (χ3n) is 2.91. The zero-order valence-electron chi connectivity index (χ0n) is 10.1. The summed E-state index contributed by atoms with van der Waals surface area (Å²) in [5.74, 6) is -1.77. The minimum atomic E-state index is -1.39. The van der Waals surface area contributed by atoms with Gasteiger partial charge in [0.05, 0.1) is 11.1 Å². The molecule has 0 amide bonds. The molecule has 2 heterocycles. The number of carbonyl (C=O) groups is 2. The Morgan fingerprint density at radius 2 is 1.65 bits per heavy atom. The summed E-state index contributed by atoms with van der Waals surface area (Å²) in [6.45, 7) is 0.808. The average molecular weight is 275 g/mol. The maximum Gasteiger partial charge on any atom is 0.355 e. The third kappa shape index (κ3) is 1.89. The number of aromatic carboxylic acids is 2. The quantitative estimate of drug-likeness (QED) is 0.853. The molecule has 20 heavy (non-hydrogen) atoms. The lowest BCUT2D eigenvalue weighted by Gasteiger charge is -2.18. The number of fused-ring (bicyclic) bond motifs is 2. The number of hydrogen-bond acceptors (Lipinski definition) is 5. The first-order chi connectivity index (χ1) is 9.56. The standard InChI is InChI=1S/C13H9NO6/c15-12(16)7-3-6-4-9-10(20-2-1-19-9)5-8(6)14-11(7)13(17)18/h3-5H,1-2H2,(H,15,16)(H,17,18). The molecule has 0 aliphatic carbocycles. The minimum absolute atomic E-state index is 0.344. The van der Waals surface area contributed by atoms with Gasteiger partial charge in [-0.05, 0) is 12.1 Å². The number of carboxylic acids is 2. The fourth-order valence-corrected chi connectivity index (χ4v) is 2.04.